The fourth-order valence-corrected chi connectivity index (χ4v) is 8.16. The van der Waals surface area contributed by atoms with E-state index in [-0.39, 0.29) is 0 Å². The number of H-pyrrole nitrogens is 1. The van der Waals surface area contributed by atoms with Crippen molar-refractivity contribution >= 4 is 33.6 Å². The fourth-order valence-electron chi connectivity index (χ4n) is 8.16. The molecule has 8 rings (SSSR count). The smallest absolute Gasteiger partial charge is 0.335 e. The Kier molecular flexibility index (Phi) is 7.28. The third-order valence-corrected chi connectivity index (χ3v) is 10.4. The summed E-state index contributed by atoms with van der Waals surface area (Å²) in [7, 11) is 0. The standard InChI is InChI=1S/C36H41N7O2/c1-23-31(38-15-14-37-23)35-39-28-13-12-27-33-30(24-8-4-2-5-9-24)26-11-10-25(36(44)45)22-29(26)43(33)21-20-42(34(27)32(28)40-35)19-18-41-16-6-3-7-17-41/h10-15,22,24H,2-9,16-21H2,1H3,(H,39,40)(H,44,45). The van der Waals surface area contributed by atoms with Crippen molar-refractivity contribution in [3.8, 4) is 22.8 Å². The molecule has 2 fully saturated rings. The molecule has 232 valence electrons. The summed E-state index contributed by atoms with van der Waals surface area (Å²) in [5, 5.41) is 11.1. The maximum atomic E-state index is 12.1. The second-order valence-electron chi connectivity index (χ2n) is 13.1. The zero-order chi connectivity index (χ0) is 30.5. The van der Waals surface area contributed by atoms with E-state index in [0.717, 1.165) is 73.0 Å². The molecule has 0 amide bonds. The quantitative estimate of drug-likeness (QED) is 0.215. The molecule has 9 nitrogen and oxygen atoms in total. The van der Waals surface area contributed by atoms with Crippen LogP contribution >= 0.6 is 0 Å². The first-order valence-corrected chi connectivity index (χ1v) is 16.7. The van der Waals surface area contributed by atoms with Crippen molar-refractivity contribution in [3.05, 3.63) is 59.5 Å². The second kappa shape index (κ2) is 11.6. The molecule has 9 heteroatoms. The van der Waals surface area contributed by atoms with Crippen LogP contribution in [-0.2, 0) is 6.54 Å². The van der Waals surface area contributed by atoms with Gasteiger partial charge in [0.1, 0.15) is 11.2 Å². The summed E-state index contributed by atoms with van der Waals surface area (Å²) in [6.45, 7) is 7.85. The number of piperidine rings is 1. The summed E-state index contributed by atoms with van der Waals surface area (Å²) in [6, 6.07) is 10.2. The number of aromatic carboxylic acids is 1. The number of carboxylic acids is 1. The number of imidazole rings is 1. The van der Waals surface area contributed by atoms with Gasteiger partial charge in [-0.1, -0.05) is 31.7 Å². The van der Waals surface area contributed by atoms with Crippen LogP contribution in [0.25, 0.3) is 44.7 Å². The lowest BCUT2D eigenvalue weighted by molar-refractivity contribution is 0.0697. The van der Waals surface area contributed by atoms with Gasteiger partial charge in [-0.15, -0.1) is 0 Å². The monoisotopic (exact) mass is 603 g/mol. The molecular weight excluding hydrogens is 562 g/mol. The highest BCUT2D eigenvalue weighted by Gasteiger charge is 2.32. The Balaban J connectivity index is 1.35. The van der Waals surface area contributed by atoms with Gasteiger partial charge in [-0.3, -0.25) is 4.98 Å². The molecule has 1 saturated heterocycles. The van der Waals surface area contributed by atoms with Crippen LogP contribution in [0.1, 0.15) is 78.9 Å². The molecule has 45 heavy (non-hydrogen) atoms. The molecule has 3 aliphatic rings. The van der Waals surface area contributed by atoms with Crippen molar-refractivity contribution in [2.45, 2.75) is 70.8 Å². The van der Waals surface area contributed by atoms with E-state index in [1.54, 1.807) is 18.5 Å². The first-order valence-electron chi connectivity index (χ1n) is 16.7. The number of aromatic nitrogens is 5. The Bertz CT molecular complexity index is 1890. The number of likely N-dealkylation sites (tertiary alicyclic amines) is 1. The van der Waals surface area contributed by atoms with Crippen LogP contribution in [-0.4, -0.2) is 73.2 Å². The first-order chi connectivity index (χ1) is 22.1. The van der Waals surface area contributed by atoms with E-state index in [9.17, 15) is 9.90 Å². The average Bonchev–Trinajstić information content (AvgIpc) is 3.60. The van der Waals surface area contributed by atoms with Crippen molar-refractivity contribution < 1.29 is 9.90 Å². The van der Waals surface area contributed by atoms with Gasteiger partial charge in [0.15, 0.2) is 5.82 Å². The Labute approximate surface area is 263 Å². The first kappa shape index (κ1) is 28.2. The van der Waals surface area contributed by atoms with Gasteiger partial charge >= 0.3 is 5.97 Å². The molecule has 0 unspecified atom stereocenters. The van der Waals surface area contributed by atoms with Crippen molar-refractivity contribution in [3.63, 3.8) is 0 Å². The van der Waals surface area contributed by atoms with Gasteiger partial charge in [0.05, 0.1) is 28.2 Å². The Morgan fingerprint density at radius 2 is 1.73 bits per heavy atom. The molecule has 0 atom stereocenters. The number of hydrogen-bond acceptors (Lipinski definition) is 6. The fraction of sp³-hybridized carbons (Fsp3) is 0.444. The third kappa shape index (κ3) is 4.97. The second-order valence-corrected chi connectivity index (χ2v) is 13.1. The van der Waals surface area contributed by atoms with Crippen LogP contribution in [0, 0.1) is 6.92 Å². The predicted octanol–water partition coefficient (Wildman–Crippen LogP) is 7.00. The highest BCUT2D eigenvalue weighted by molar-refractivity contribution is 6.04. The van der Waals surface area contributed by atoms with Crippen LogP contribution in [0.2, 0.25) is 0 Å². The number of carboxylic acid groups (broad SMARTS) is 1. The number of aromatic amines is 1. The van der Waals surface area contributed by atoms with Crippen molar-refractivity contribution in [1.82, 2.24) is 29.4 Å². The average molecular weight is 604 g/mol. The molecule has 1 saturated carbocycles. The molecule has 2 aromatic carbocycles. The lowest BCUT2D eigenvalue weighted by Gasteiger charge is -2.31. The molecule has 3 aromatic heterocycles. The maximum Gasteiger partial charge on any atom is 0.335 e. The Hall–Kier alpha value is -4.24. The van der Waals surface area contributed by atoms with E-state index >= 15 is 0 Å². The molecule has 5 heterocycles. The van der Waals surface area contributed by atoms with Gasteiger partial charge in [0.25, 0.3) is 0 Å². The minimum absolute atomic E-state index is 0.344. The van der Waals surface area contributed by atoms with Gasteiger partial charge in [-0.2, -0.15) is 0 Å². The molecule has 0 spiro atoms. The predicted molar refractivity (Wildman–Crippen MR) is 178 cm³/mol. The van der Waals surface area contributed by atoms with Crippen molar-refractivity contribution in [1.29, 1.82) is 0 Å². The summed E-state index contributed by atoms with van der Waals surface area (Å²) in [5.41, 5.74) is 9.96. The zero-order valence-electron chi connectivity index (χ0n) is 26.1. The molecule has 0 radical (unpaired) electrons. The van der Waals surface area contributed by atoms with Gasteiger partial charge in [-0.25, -0.2) is 14.8 Å². The largest absolute Gasteiger partial charge is 0.478 e. The molecule has 5 aromatic rings. The van der Waals surface area contributed by atoms with E-state index in [4.69, 9.17) is 4.98 Å². The highest BCUT2D eigenvalue weighted by Crippen LogP contribution is 2.49. The molecular formula is C36H41N7O2. The van der Waals surface area contributed by atoms with Crippen LogP contribution in [0.4, 0.5) is 5.69 Å². The van der Waals surface area contributed by atoms with Crippen LogP contribution in [0.5, 0.6) is 0 Å². The highest BCUT2D eigenvalue weighted by atomic mass is 16.4. The van der Waals surface area contributed by atoms with E-state index in [1.807, 2.05) is 13.0 Å². The third-order valence-electron chi connectivity index (χ3n) is 10.4. The van der Waals surface area contributed by atoms with Crippen molar-refractivity contribution in [2.24, 2.45) is 0 Å². The Morgan fingerprint density at radius 1 is 0.933 bits per heavy atom. The molecule has 2 N–H and O–H groups in total. The van der Waals surface area contributed by atoms with E-state index in [1.165, 1.54) is 79.3 Å². The SMILES string of the molecule is Cc1nccnc1-c1nc2c3c(ccc2[nH]1)-c1c(C2CCCCC2)c2ccc(C(=O)O)cc2n1CCN3CCN1CCCCC1. The minimum atomic E-state index is -0.881. The maximum absolute atomic E-state index is 12.1. The van der Waals surface area contributed by atoms with Crippen molar-refractivity contribution in [2.75, 3.05) is 37.6 Å². The van der Waals surface area contributed by atoms with Crippen LogP contribution in [0.15, 0.2) is 42.7 Å². The number of benzene rings is 2. The number of hydrogen-bond donors (Lipinski definition) is 2. The van der Waals surface area contributed by atoms with Crippen LogP contribution in [0.3, 0.4) is 0 Å². The number of nitrogens with one attached hydrogen (secondary N) is 1. The summed E-state index contributed by atoms with van der Waals surface area (Å²) in [4.78, 5) is 35.2. The lowest BCUT2D eigenvalue weighted by Crippen LogP contribution is -2.38. The minimum Gasteiger partial charge on any atom is -0.478 e. The Morgan fingerprint density at radius 3 is 2.53 bits per heavy atom. The van der Waals surface area contributed by atoms with E-state index in [0.29, 0.717) is 11.5 Å². The topological polar surface area (TPSA) is 103 Å². The number of fused-ring (bicyclic) bond motifs is 7. The molecule has 0 bridgehead atoms. The summed E-state index contributed by atoms with van der Waals surface area (Å²) < 4.78 is 2.43. The zero-order valence-corrected chi connectivity index (χ0v) is 26.1. The number of aryl methyl sites for hydroxylation is 1. The van der Waals surface area contributed by atoms with Gasteiger partial charge < -0.3 is 24.5 Å². The normalized spacial score (nSPS) is 17.8. The summed E-state index contributed by atoms with van der Waals surface area (Å²) in [6.07, 6.45) is 13.4. The number of rotatable bonds is 6. The van der Waals surface area contributed by atoms with Gasteiger partial charge in [0, 0.05) is 55.0 Å². The van der Waals surface area contributed by atoms with Gasteiger partial charge in [-0.05, 0) is 81.4 Å². The number of carbonyl (C=O) groups is 1. The van der Waals surface area contributed by atoms with Gasteiger partial charge in [0.2, 0.25) is 0 Å². The number of nitrogens with zero attached hydrogens (tertiary/aromatic N) is 6. The van der Waals surface area contributed by atoms with E-state index < -0.39 is 5.97 Å². The summed E-state index contributed by atoms with van der Waals surface area (Å²) in [5.74, 6) is 0.311. The lowest BCUT2D eigenvalue weighted by atomic mass is 9.81. The summed E-state index contributed by atoms with van der Waals surface area (Å²) >= 11 is 0. The van der Waals surface area contributed by atoms with Crippen LogP contribution < -0.4 is 4.90 Å². The molecule has 2 aliphatic heterocycles. The molecule has 1 aliphatic carbocycles. The van der Waals surface area contributed by atoms with E-state index in [2.05, 4.69) is 47.5 Å². The number of anilines is 1.